The summed E-state index contributed by atoms with van der Waals surface area (Å²) < 4.78 is 37.0. The number of aliphatic hydroxyl groups is 1. The van der Waals surface area contributed by atoms with Crippen LogP contribution in [-0.2, 0) is 0 Å². The zero-order valence-electron chi connectivity index (χ0n) is 10.4. The number of hydrogen-bond acceptors (Lipinski definition) is 3. The molecule has 0 radical (unpaired) electrons. The highest BCUT2D eigenvalue weighted by atomic mass is 19.4. The highest BCUT2D eigenvalue weighted by Crippen LogP contribution is 2.18. The molecule has 0 aliphatic carbocycles. The first-order valence-corrected chi connectivity index (χ1v) is 5.61. The summed E-state index contributed by atoms with van der Waals surface area (Å²) in [5, 5.41) is 8.72. The molecule has 1 aromatic carbocycles. The number of carbonyl (C=O) groups excluding carboxylic acids is 2. The Labute approximate surface area is 112 Å². The van der Waals surface area contributed by atoms with Gasteiger partial charge in [-0.15, -0.1) is 0 Å². The number of amides is 2. The Morgan fingerprint density at radius 3 is 2.05 bits per heavy atom. The molecule has 1 aromatic rings. The van der Waals surface area contributed by atoms with Gasteiger partial charge in [-0.3, -0.25) is 9.59 Å². The van der Waals surface area contributed by atoms with E-state index in [4.69, 9.17) is 10.8 Å². The molecule has 3 N–H and O–H groups in total. The molecule has 2 amide bonds. The minimum atomic E-state index is -4.56. The van der Waals surface area contributed by atoms with Crippen molar-refractivity contribution < 1.29 is 27.9 Å². The van der Waals surface area contributed by atoms with Crippen molar-refractivity contribution in [2.75, 3.05) is 19.7 Å². The number of carbonyl (C=O) groups is 2. The molecular formula is C12H13F3N2O3. The Morgan fingerprint density at radius 1 is 1.15 bits per heavy atom. The van der Waals surface area contributed by atoms with Crippen molar-refractivity contribution in [3.05, 3.63) is 35.4 Å². The first kappa shape index (κ1) is 16.0. The van der Waals surface area contributed by atoms with Crippen molar-refractivity contribution >= 4 is 11.8 Å². The van der Waals surface area contributed by atoms with Gasteiger partial charge < -0.3 is 15.7 Å². The van der Waals surface area contributed by atoms with Crippen molar-refractivity contribution in [1.82, 2.24) is 4.90 Å². The largest absolute Gasteiger partial charge is 0.406 e. The van der Waals surface area contributed by atoms with Crippen molar-refractivity contribution in [2.45, 2.75) is 6.18 Å². The number of nitrogens with zero attached hydrogens (tertiary/aromatic N) is 1. The minimum absolute atomic E-state index is 0.0206. The Morgan fingerprint density at radius 2 is 1.65 bits per heavy atom. The van der Waals surface area contributed by atoms with Crippen LogP contribution in [0.4, 0.5) is 13.2 Å². The smallest absolute Gasteiger partial charge is 0.395 e. The van der Waals surface area contributed by atoms with E-state index in [0.717, 1.165) is 0 Å². The van der Waals surface area contributed by atoms with Crippen LogP contribution in [0.1, 0.15) is 20.7 Å². The quantitative estimate of drug-likeness (QED) is 0.840. The molecule has 0 fully saturated rings. The molecule has 20 heavy (non-hydrogen) atoms. The molecule has 0 saturated carbocycles. The predicted molar refractivity (Wildman–Crippen MR) is 64.0 cm³/mol. The lowest BCUT2D eigenvalue weighted by atomic mass is 10.1. The number of hydrogen-bond donors (Lipinski definition) is 2. The van der Waals surface area contributed by atoms with Crippen LogP contribution >= 0.6 is 0 Å². The summed E-state index contributed by atoms with van der Waals surface area (Å²) in [6.07, 6.45) is -4.56. The zero-order chi connectivity index (χ0) is 15.3. The van der Waals surface area contributed by atoms with E-state index in [1.54, 1.807) is 0 Å². The summed E-state index contributed by atoms with van der Waals surface area (Å²) in [4.78, 5) is 23.2. The predicted octanol–water partition coefficient (Wildman–Crippen LogP) is 0.782. The molecule has 0 unspecified atom stereocenters. The summed E-state index contributed by atoms with van der Waals surface area (Å²) in [6, 6.07) is 4.92. The number of rotatable bonds is 5. The number of halogens is 3. The Balaban J connectivity index is 2.91. The molecule has 110 valence electrons. The van der Waals surface area contributed by atoms with E-state index in [0.29, 0.717) is 4.90 Å². The first-order valence-electron chi connectivity index (χ1n) is 5.61. The SMILES string of the molecule is NC(=O)c1ccc(C(=O)N(CCO)CC(F)(F)F)cc1. The summed E-state index contributed by atoms with van der Waals surface area (Å²) in [5.41, 5.74) is 5.14. The maximum atomic E-state index is 12.3. The summed E-state index contributed by atoms with van der Waals surface area (Å²) in [5.74, 6) is -1.58. The molecule has 0 aliphatic rings. The van der Waals surface area contributed by atoms with E-state index in [9.17, 15) is 22.8 Å². The van der Waals surface area contributed by atoms with Gasteiger partial charge in [0, 0.05) is 17.7 Å². The number of benzene rings is 1. The van der Waals surface area contributed by atoms with Gasteiger partial charge in [-0.25, -0.2) is 0 Å². The maximum Gasteiger partial charge on any atom is 0.406 e. The van der Waals surface area contributed by atoms with E-state index in [1.807, 2.05) is 0 Å². The van der Waals surface area contributed by atoms with Crippen LogP contribution < -0.4 is 5.73 Å². The second kappa shape index (κ2) is 6.38. The lowest BCUT2D eigenvalue weighted by Gasteiger charge is -2.23. The average molecular weight is 290 g/mol. The number of primary amides is 1. The van der Waals surface area contributed by atoms with Crippen molar-refractivity contribution in [2.24, 2.45) is 5.73 Å². The molecule has 0 atom stereocenters. The van der Waals surface area contributed by atoms with Gasteiger partial charge in [-0.2, -0.15) is 13.2 Å². The minimum Gasteiger partial charge on any atom is -0.395 e. The standard InChI is InChI=1S/C12H13F3N2O3/c13-12(14,15)7-17(5-6-18)11(20)9-3-1-8(2-4-9)10(16)19/h1-4,18H,5-7H2,(H2,16,19). The highest BCUT2D eigenvalue weighted by molar-refractivity contribution is 5.97. The fourth-order valence-corrected chi connectivity index (χ4v) is 1.55. The second-order valence-electron chi connectivity index (χ2n) is 4.01. The zero-order valence-corrected chi connectivity index (χ0v) is 10.4. The monoisotopic (exact) mass is 290 g/mol. The lowest BCUT2D eigenvalue weighted by molar-refractivity contribution is -0.141. The third-order valence-electron chi connectivity index (χ3n) is 2.44. The molecule has 5 nitrogen and oxygen atoms in total. The third kappa shape index (κ3) is 4.54. The lowest BCUT2D eigenvalue weighted by Crippen LogP contribution is -2.40. The van der Waals surface area contributed by atoms with Gasteiger partial charge in [0.25, 0.3) is 5.91 Å². The second-order valence-corrected chi connectivity index (χ2v) is 4.01. The van der Waals surface area contributed by atoms with E-state index in [1.165, 1.54) is 24.3 Å². The van der Waals surface area contributed by atoms with E-state index in [-0.39, 0.29) is 11.1 Å². The van der Waals surface area contributed by atoms with Crippen molar-refractivity contribution in [3.8, 4) is 0 Å². The Bertz CT molecular complexity index is 486. The van der Waals surface area contributed by atoms with Gasteiger partial charge in [0.15, 0.2) is 0 Å². The van der Waals surface area contributed by atoms with Crippen LogP contribution in [0.2, 0.25) is 0 Å². The molecule has 0 bridgehead atoms. The van der Waals surface area contributed by atoms with Gasteiger partial charge in [-0.1, -0.05) is 0 Å². The normalized spacial score (nSPS) is 11.2. The van der Waals surface area contributed by atoms with Crippen LogP contribution in [0.3, 0.4) is 0 Å². The fourth-order valence-electron chi connectivity index (χ4n) is 1.55. The molecular weight excluding hydrogens is 277 g/mol. The Hall–Kier alpha value is -2.09. The molecule has 0 aromatic heterocycles. The number of alkyl halides is 3. The fraction of sp³-hybridized carbons (Fsp3) is 0.333. The maximum absolute atomic E-state index is 12.3. The van der Waals surface area contributed by atoms with Crippen LogP contribution in [0.5, 0.6) is 0 Å². The molecule has 0 heterocycles. The van der Waals surface area contributed by atoms with Gasteiger partial charge in [0.05, 0.1) is 6.61 Å². The summed E-state index contributed by atoms with van der Waals surface area (Å²) in [6.45, 7) is -2.47. The van der Waals surface area contributed by atoms with Crippen LogP contribution in [0.25, 0.3) is 0 Å². The van der Waals surface area contributed by atoms with Crippen LogP contribution in [0, 0.1) is 0 Å². The van der Waals surface area contributed by atoms with Gasteiger partial charge >= 0.3 is 6.18 Å². The molecule has 0 saturated heterocycles. The Kier molecular flexibility index (Phi) is 5.09. The number of aliphatic hydroxyl groups excluding tert-OH is 1. The van der Waals surface area contributed by atoms with Gasteiger partial charge in [-0.05, 0) is 24.3 Å². The highest BCUT2D eigenvalue weighted by Gasteiger charge is 2.33. The van der Waals surface area contributed by atoms with E-state index < -0.39 is 37.7 Å². The molecule has 0 spiro atoms. The first-order chi connectivity index (χ1) is 9.24. The summed E-state index contributed by atoms with van der Waals surface area (Å²) >= 11 is 0. The molecule has 8 heteroatoms. The average Bonchev–Trinajstić information content (AvgIpc) is 2.36. The topological polar surface area (TPSA) is 83.6 Å². The summed E-state index contributed by atoms with van der Waals surface area (Å²) in [7, 11) is 0. The molecule has 0 aliphatic heterocycles. The van der Waals surface area contributed by atoms with E-state index in [2.05, 4.69) is 0 Å². The van der Waals surface area contributed by atoms with E-state index >= 15 is 0 Å². The van der Waals surface area contributed by atoms with Crippen LogP contribution in [0.15, 0.2) is 24.3 Å². The molecule has 1 rings (SSSR count). The number of nitrogens with two attached hydrogens (primary N) is 1. The van der Waals surface area contributed by atoms with Gasteiger partial charge in [0.1, 0.15) is 6.54 Å². The van der Waals surface area contributed by atoms with Crippen LogP contribution in [-0.4, -0.2) is 47.7 Å². The van der Waals surface area contributed by atoms with Crippen molar-refractivity contribution in [1.29, 1.82) is 0 Å². The van der Waals surface area contributed by atoms with Crippen molar-refractivity contribution in [3.63, 3.8) is 0 Å². The van der Waals surface area contributed by atoms with Gasteiger partial charge in [0.2, 0.25) is 5.91 Å². The third-order valence-corrected chi connectivity index (χ3v) is 2.44.